The quantitative estimate of drug-likeness (QED) is 0.833. The first-order valence-corrected chi connectivity index (χ1v) is 6.39. The zero-order valence-electron chi connectivity index (χ0n) is 10.0. The number of halogens is 1. The van der Waals surface area contributed by atoms with Crippen LogP contribution in [0, 0.1) is 12.3 Å². The molecule has 2 aromatic carbocycles. The molecule has 0 aromatic heterocycles. The van der Waals surface area contributed by atoms with Crippen LogP contribution in [0.4, 0.5) is 0 Å². The molecule has 0 saturated carbocycles. The van der Waals surface area contributed by atoms with Crippen molar-refractivity contribution in [2.24, 2.45) is 0 Å². The Morgan fingerprint density at radius 2 is 1.72 bits per heavy atom. The van der Waals surface area contributed by atoms with Gasteiger partial charge in [-0.25, -0.2) is 0 Å². The molecule has 0 aliphatic carbocycles. The Hall–Kier alpha value is -1.56. The molecule has 0 aliphatic heterocycles. The number of rotatable bonds is 2. The third-order valence-corrected chi connectivity index (χ3v) is 3.60. The van der Waals surface area contributed by atoms with E-state index in [9.17, 15) is 5.11 Å². The van der Waals surface area contributed by atoms with Crippen LogP contribution in [0.2, 0.25) is 0 Å². The fraction of sp³-hybridized carbons (Fsp3) is 0.125. The van der Waals surface area contributed by atoms with Gasteiger partial charge in [0.15, 0.2) is 0 Å². The predicted molar refractivity (Wildman–Crippen MR) is 78.0 cm³/mol. The van der Waals surface area contributed by atoms with Crippen molar-refractivity contribution in [3.8, 4) is 23.5 Å². The Balaban J connectivity index is 2.41. The van der Waals surface area contributed by atoms with Crippen LogP contribution < -0.4 is 0 Å². The van der Waals surface area contributed by atoms with Gasteiger partial charge < -0.3 is 5.11 Å². The van der Waals surface area contributed by atoms with Crippen molar-refractivity contribution >= 4 is 15.9 Å². The number of benzene rings is 2. The summed E-state index contributed by atoms with van der Waals surface area (Å²) in [7, 11) is 0. The lowest BCUT2D eigenvalue weighted by molar-refractivity contribution is 0.122. The van der Waals surface area contributed by atoms with Crippen LogP contribution >= 0.6 is 15.9 Å². The van der Waals surface area contributed by atoms with Gasteiger partial charge in [0.25, 0.3) is 0 Å². The van der Waals surface area contributed by atoms with Crippen molar-refractivity contribution in [3.63, 3.8) is 0 Å². The second kappa shape index (κ2) is 4.97. The highest BCUT2D eigenvalue weighted by atomic mass is 79.9. The Morgan fingerprint density at radius 1 is 1.11 bits per heavy atom. The Labute approximate surface area is 116 Å². The second-order valence-corrected chi connectivity index (χ2v) is 5.13. The first-order chi connectivity index (χ1) is 8.54. The van der Waals surface area contributed by atoms with E-state index in [0.29, 0.717) is 0 Å². The zero-order valence-corrected chi connectivity index (χ0v) is 11.6. The van der Waals surface area contributed by atoms with Crippen LogP contribution in [0.25, 0.3) is 11.1 Å². The summed E-state index contributed by atoms with van der Waals surface area (Å²) in [5, 5.41) is 9.97. The molecular weight excluding hydrogens is 288 g/mol. The maximum Gasteiger partial charge on any atom is 0.147 e. The second-order valence-electron chi connectivity index (χ2n) is 4.27. The van der Waals surface area contributed by atoms with E-state index in [-0.39, 0.29) is 0 Å². The van der Waals surface area contributed by atoms with E-state index in [1.165, 1.54) is 0 Å². The molecule has 0 fully saturated rings. The number of hydrogen-bond donors (Lipinski definition) is 1. The molecule has 0 amide bonds. The van der Waals surface area contributed by atoms with E-state index in [0.717, 1.165) is 21.2 Å². The summed E-state index contributed by atoms with van der Waals surface area (Å²) in [6, 6.07) is 15.6. The van der Waals surface area contributed by atoms with Gasteiger partial charge in [-0.05, 0) is 29.7 Å². The maximum absolute atomic E-state index is 9.97. The summed E-state index contributed by atoms with van der Waals surface area (Å²) in [6.45, 7) is 1.61. The van der Waals surface area contributed by atoms with Crippen molar-refractivity contribution < 1.29 is 5.11 Å². The normalized spacial score (nSPS) is 13.7. The largest absolute Gasteiger partial charge is 0.374 e. The van der Waals surface area contributed by atoms with Gasteiger partial charge in [0.2, 0.25) is 0 Å². The van der Waals surface area contributed by atoms with Gasteiger partial charge in [-0.1, -0.05) is 64.3 Å². The lowest BCUT2D eigenvalue weighted by Crippen LogP contribution is -2.17. The summed E-state index contributed by atoms with van der Waals surface area (Å²) in [5.41, 5.74) is 1.70. The zero-order chi connectivity index (χ0) is 13.2. The van der Waals surface area contributed by atoms with Gasteiger partial charge in [0, 0.05) is 4.47 Å². The molecule has 0 saturated heterocycles. The Kier molecular flexibility index (Phi) is 3.56. The monoisotopic (exact) mass is 300 g/mol. The number of aliphatic hydroxyl groups is 1. The van der Waals surface area contributed by atoms with E-state index in [1.54, 1.807) is 6.92 Å². The fourth-order valence-electron chi connectivity index (χ4n) is 1.75. The first-order valence-electron chi connectivity index (χ1n) is 5.60. The third-order valence-electron chi connectivity index (χ3n) is 2.91. The molecule has 2 heteroatoms. The molecule has 18 heavy (non-hydrogen) atoms. The minimum absolute atomic E-state index is 0.723. The minimum atomic E-state index is -1.22. The first kappa shape index (κ1) is 12.9. The summed E-state index contributed by atoms with van der Waals surface area (Å²) in [6.07, 6.45) is 5.30. The molecule has 0 heterocycles. The van der Waals surface area contributed by atoms with Gasteiger partial charge in [0.1, 0.15) is 5.60 Å². The topological polar surface area (TPSA) is 20.2 Å². The van der Waals surface area contributed by atoms with E-state index in [1.807, 2.05) is 48.5 Å². The van der Waals surface area contributed by atoms with Gasteiger partial charge in [-0.3, -0.25) is 0 Å². The van der Waals surface area contributed by atoms with Gasteiger partial charge in [-0.2, -0.15) is 0 Å². The molecule has 1 unspecified atom stereocenters. The molecule has 0 radical (unpaired) electrons. The molecule has 2 rings (SSSR count). The standard InChI is InChI=1S/C16H13BrO/c1-3-16(2,18)13-10-8-12(9-11-13)14-6-4-5-7-15(14)17/h1,4-11,18H,2H3. The van der Waals surface area contributed by atoms with E-state index in [4.69, 9.17) is 6.42 Å². The van der Waals surface area contributed by atoms with Crippen molar-refractivity contribution in [1.82, 2.24) is 0 Å². The van der Waals surface area contributed by atoms with E-state index >= 15 is 0 Å². The molecule has 0 aliphatic rings. The average Bonchev–Trinajstić information content (AvgIpc) is 2.39. The van der Waals surface area contributed by atoms with Crippen molar-refractivity contribution in [3.05, 3.63) is 58.6 Å². The fourth-order valence-corrected chi connectivity index (χ4v) is 2.27. The van der Waals surface area contributed by atoms with Crippen LogP contribution in [0.1, 0.15) is 12.5 Å². The summed E-state index contributed by atoms with van der Waals surface area (Å²) in [5.74, 6) is 2.37. The highest BCUT2D eigenvalue weighted by molar-refractivity contribution is 9.10. The van der Waals surface area contributed by atoms with Gasteiger partial charge in [0.05, 0.1) is 0 Å². The van der Waals surface area contributed by atoms with E-state index in [2.05, 4.69) is 21.9 Å². The molecule has 0 bridgehead atoms. The van der Waals surface area contributed by atoms with Crippen LogP contribution in [-0.4, -0.2) is 5.11 Å². The SMILES string of the molecule is C#CC(C)(O)c1ccc(-c2ccccc2Br)cc1. The highest BCUT2D eigenvalue weighted by Gasteiger charge is 2.19. The minimum Gasteiger partial charge on any atom is -0.374 e. The predicted octanol–water partition coefficient (Wildman–Crippen LogP) is 3.96. The summed E-state index contributed by atoms with van der Waals surface area (Å²) < 4.78 is 1.04. The lowest BCUT2D eigenvalue weighted by Gasteiger charge is -2.17. The number of hydrogen-bond acceptors (Lipinski definition) is 1. The maximum atomic E-state index is 9.97. The Morgan fingerprint density at radius 3 is 2.28 bits per heavy atom. The van der Waals surface area contributed by atoms with Crippen molar-refractivity contribution in [1.29, 1.82) is 0 Å². The van der Waals surface area contributed by atoms with Crippen LogP contribution in [0.15, 0.2) is 53.0 Å². The molecule has 0 spiro atoms. The third kappa shape index (κ3) is 2.48. The molecule has 90 valence electrons. The lowest BCUT2D eigenvalue weighted by atomic mass is 9.94. The van der Waals surface area contributed by atoms with Crippen molar-refractivity contribution in [2.45, 2.75) is 12.5 Å². The average molecular weight is 301 g/mol. The highest BCUT2D eigenvalue weighted by Crippen LogP contribution is 2.29. The van der Waals surface area contributed by atoms with Gasteiger partial charge in [-0.15, -0.1) is 6.42 Å². The van der Waals surface area contributed by atoms with Crippen LogP contribution in [0.3, 0.4) is 0 Å². The molecule has 1 atom stereocenters. The molecule has 2 aromatic rings. The Bertz CT molecular complexity index is 591. The molecule has 1 nitrogen and oxygen atoms in total. The van der Waals surface area contributed by atoms with E-state index < -0.39 is 5.60 Å². The molecular formula is C16H13BrO. The number of terminal acetylenes is 1. The van der Waals surface area contributed by atoms with Crippen LogP contribution in [-0.2, 0) is 5.60 Å². The summed E-state index contributed by atoms with van der Waals surface area (Å²) >= 11 is 3.52. The smallest absolute Gasteiger partial charge is 0.147 e. The summed E-state index contributed by atoms with van der Waals surface area (Å²) in [4.78, 5) is 0. The van der Waals surface area contributed by atoms with Crippen LogP contribution in [0.5, 0.6) is 0 Å². The van der Waals surface area contributed by atoms with Gasteiger partial charge >= 0.3 is 0 Å². The molecule has 1 N–H and O–H groups in total. The van der Waals surface area contributed by atoms with Crippen molar-refractivity contribution in [2.75, 3.05) is 0 Å².